The van der Waals surface area contributed by atoms with Crippen molar-refractivity contribution < 1.29 is 9.84 Å². The molecule has 1 aliphatic heterocycles. The van der Waals surface area contributed by atoms with Crippen molar-refractivity contribution in [2.24, 2.45) is 5.73 Å². The molecule has 3 unspecified atom stereocenters. The van der Waals surface area contributed by atoms with Gasteiger partial charge in [-0.1, -0.05) is 0 Å². The maximum atomic E-state index is 8.66. The van der Waals surface area contributed by atoms with E-state index in [-0.39, 0.29) is 18.8 Å². The van der Waals surface area contributed by atoms with Crippen molar-refractivity contribution >= 4 is 0 Å². The highest BCUT2D eigenvalue weighted by Crippen LogP contribution is 2.21. The molecule has 3 atom stereocenters. The topological polar surface area (TPSA) is 67.5 Å². The normalized spacial score (nSPS) is 30.7. The predicted molar refractivity (Wildman–Crippen MR) is 51.5 cm³/mol. The highest BCUT2D eigenvalue weighted by molar-refractivity contribution is 4.83. The molecule has 13 heavy (non-hydrogen) atoms. The van der Waals surface area contributed by atoms with Crippen molar-refractivity contribution in [3.63, 3.8) is 0 Å². The Morgan fingerprint density at radius 1 is 1.62 bits per heavy atom. The first kappa shape index (κ1) is 10.9. The molecular weight excluding hydrogens is 168 g/mol. The monoisotopic (exact) mass is 188 g/mol. The van der Waals surface area contributed by atoms with Crippen LogP contribution in [-0.4, -0.2) is 43.1 Å². The number of hydrogen-bond donors (Lipinski definition) is 3. The van der Waals surface area contributed by atoms with E-state index in [1.165, 1.54) is 0 Å². The van der Waals surface area contributed by atoms with Crippen LogP contribution in [0.3, 0.4) is 0 Å². The van der Waals surface area contributed by atoms with Gasteiger partial charge in [-0.3, -0.25) is 0 Å². The van der Waals surface area contributed by atoms with E-state index in [1.54, 1.807) is 0 Å². The van der Waals surface area contributed by atoms with Crippen molar-refractivity contribution in [2.45, 2.75) is 38.0 Å². The Morgan fingerprint density at radius 3 is 2.85 bits per heavy atom. The molecule has 1 rings (SSSR count). The molecule has 4 N–H and O–H groups in total. The van der Waals surface area contributed by atoms with Crippen LogP contribution in [0.5, 0.6) is 0 Å². The summed E-state index contributed by atoms with van der Waals surface area (Å²) in [5.74, 6) is 0. The molecule has 1 heterocycles. The molecular formula is C9H20N2O2. The number of rotatable bonds is 5. The molecule has 0 aliphatic carbocycles. The van der Waals surface area contributed by atoms with Gasteiger partial charge in [0, 0.05) is 19.1 Å². The zero-order valence-electron chi connectivity index (χ0n) is 8.20. The molecule has 0 spiro atoms. The maximum Gasteiger partial charge on any atom is 0.0744 e. The van der Waals surface area contributed by atoms with Crippen LogP contribution in [0, 0.1) is 0 Å². The highest BCUT2D eigenvalue weighted by Gasteiger charge is 2.28. The fourth-order valence-corrected chi connectivity index (χ4v) is 1.75. The summed E-state index contributed by atoms with van der Waals surface area (Å²) in [6, 6.07) is 0.192. The fourth-order valence-electron chi connectivity index (χ4n) is 1.75. The standard InChI is InChI=1S/C9H20N2O2/c1-7-2-3-9(13-7)8(6-10)11-4-5-12/h7-9,11-12H,2-6,10H2,1H3. The van der Waals surface area contributed by atoms with Crippen LogP contribution in [0.1, 0.15) is 19.8 Å². The van der Waals surface area contributed by atoms with Crippen molar-refractivity contribution in [2.75, 3.05) is 19.7 Å². The Bertz CT molecular complexity index is 144. The minimum absolute atomic E-state index is 0.152. The summed E-state index contributed by atoms with van der Waals surface area (Å²) in [6.07, 6.45) is 2.77. The fraction of sp³-hybridized carbons (Fsp3) is 1.00. The second-order valence-electron chi connectivity index (χ2n) is 3.58. The number of ether oxygens (including phenoxy) is 1. The van der Waals surface area contributed by atoms with Crippen LogP contribution in [0.4, 0.5) is 0 Å². The molecule has 0 radical (unpaired) electrons. The first-order valence-electron chi connectivity index (χ1n) is 4.97. The minimum atomic E-state index is 0.152. The van der Waals surface area contributed by atoms with Gasteiger partial charge in [0.1, 0.15) is 0 Å². The highest BCUT2D eigenvalue weighted by atomic mass is 16.5. The van der Waals surface area contributed by atoms with Gasteiger partial charge in [-0.2, -0.15) is 0 Å². The zero-order valence-corrected chi connectivity index (χ0v) is 8.20. The third-order valence-corrected chi connectivity index (χ3v) is 2.49. The second kappa shape index (κ2) is 5.54. The average molecular weight is 188 g/mol. The van der Waals surface area contributed by atoms with E-state index in [9.17, 15) is 0 Å². The van der Waals surface area contributed by atoms with Gasteiger partial charge in [0.25, 0.3) is 0 Å². The van der Waals surface area contributed by atoms with Gasteiger partial charge in [-0.05, 0) is 19.8 Å². The summed E-state index contributed by atoms with van der Waals surface area (Å²) in [5.41, 5.74) is 5.61. The van der Waals surface area contributed by atoms with E-state index in [2.05, 4.69) is 12.2 Å². The second-order valence-corrected chi connectivity index (χ2v) is 3.58. The van der Waals surface area contributed by atoms with Gasteiger partial charge in [0.15, 0.2) is 0 Å². The van der Waals surface area contributed by atoms with Crippen LogP contribution in [-0.2, 0) is 4.74 Å². The lowest BCUT2D eigenvalue weighted by atomic mass is 10.1. The molecule has 0 aromatic heterocycles. The minimum Gasteiger partial charge on any atom is -0.395 e. The van der Waals surface area contributed by atoms with E-state index < -0.39 is 0 Å². The largest absolute Gasteiger partial charge is 0.395 e. The molecule has 4 nitrogen and oxygen atoms in total. The lowest BCUT2D eigenvalue weighted by Crippen LogP contribution is -2.46. The summed E-state index contributed by atoms with van der Waals surface area (Å²) >= 11 is 0. The summed E-state index contributed by atoms with van der Waals surface area (Å²) in [7, 11) is 0. The third kappa shape index (κ3) is 3.23. The molecule has 0 bridgehead atoms. The van der Waals surface area contributed by atoms with Gasteiger partial charge < -0.3 is 20.9 Å². The average Bonchev–Trinajstić information content (AvgIpc) is 2.54. The molecule has 1 fully saturated rings. The molecule has 78 valence electrons. The first-order valence-corrected chi connectivity index (χ1v) is 4.97. The van der Waals surface area contributed by atoms with Crippen molar-refractivity contribution in [3.8, 4) is 0 Å². The first-order chi connectivity index (χ1) is 6.27. The van der Waals surface area contributed by atoms with Gasteiger partial charge in [-0.25, -0.2) is 0 Å². The Balaban J connectivity index is 2.29. The number of nitrogens with one attached hydrogen (secondary N) is 1. The summed E-state index contributed by atoms with van der Waals surface area (Å²) < 4.78 is 5.69. The van der Waals surface area contributed by atoms with Crippen molar-refractivity contribution in [1.29, 1.82) is 0 Å². The van der Waals surface area contributed by atoms with Crippen molar-refractivity contribution in [1.82, 2.24) is 5.32 Å². The van der Waals surface area contributed by atoms with Crippen LogP contribution in [0.2, 0.25) is 0 Å². The van der Waals surface area contributed by atoms with Gasteiger partial charge in [-0.15, -0.1) is 0 Å². The molecule has 0 saturated carbocycles. The van der Waals surface area contributed by atoms with Crippen LogP contribution in [0.15, 0.2) is 0 Å². The van der Waals surface area contributed by atoms with Crippen LogP contribution in [0.25, 0.3) is 0 Å². The van der Waals surface area contributed by atoms with Gasteiger partial charge in [0.05, 0.1) is 18.8 Å². The van der Waals surface area contributed by atoms with Crippen LogP contribution >= 0.6 is 0 Å². The van der Waals surface area contributed by atoms with E-state index in [4.69, 9.17) is 15.6 Å². The van der Waals surface area contributed by atoms with Gasteiger partial charge >= 0.3 is 0 Å². The van der Waals surface area contributed by atoms with E-state index in [0.29, 0.717) is 19.2 Å². The number of hydrogen-bond acceptors (Lipinski definition) is 4. The van der Waals surface area contributed by atoms with Gasteiger partial charge in [0.2, 0.25) is 0 Å². The SMILES string of the molecule is CC1CCC(C(CN)NCCO)O1. The smallest absolute Gasteiger partial charge is 0.0744 e. The Hall–Kier alpha value is -0.160. The molecule has 0 aromatic rings. The number of nitrogens with two attached hydrogens (primary N) is 1. The third-order valence-electron chi connectivity index (χ3n) is 2.49. The van der Waals surface area contributed by atoms with E-state index in [0.717, 1.165) is 12.8 Å². The zero-order chi connectivity index (χ0) is 9.68. The molecule has 0 aromatic carbocycles. The lowest BCUT2D eigenvalue weighted by Gasteiger charge is -2.22. The summed E-state index contributed by atoms with van der Waals surface area (Å²) in [6.45, 7) is 3.39. The molecule has 4 heteroatoms. The van der Waals surface area contributed by atoms with E-state index in [1.807, 2.05) is 0 Å². The Labute approximate surface area is 79.5 Å². The maximum absolute atomic E-state index is 8.66. The predicted octanol–water partition coefficient (Wildman–Crippen LogP) is -0.537. The Kier molecular flexibility index (Phi) is 4.66. The Morgan fingerprint density at radius 2 is 2.38 bits per heavy atom. The number of aliphatic hydroxyl groups excluding tert-OH is 1. The summed E-state index contributed by atoms with van der Waals surface area (Å²) in [4.78, 5) is 0. The van der Waals surface area contributed by atoms with Crippen LogP contribution < -0.4 is 11.1 Å². The lowest BCUT2D eigenvalue weighted by molar-refractivity contribution is 0.0330. The molecule has 0 amide bonds. The quantitative estimate of drug-likeness (QED) is 0.542. The summed E-state index contributed by atoms with van der Waals surface area (Å²) in [5, 5.41) is 11.8. The van der Waals surface area contributed by atoms with Crippen molar-refractivity contribution in [3.05, 3.63) is 0 Å². The molecule has 1 aliphatic rings. The number of aliphatic hydroxyl groups is 1. The molecule has 1 saturated heterocycles. The van der Waals surface area contributed by atoms with E-state index >= 15 is 0 Å².